The summed E-state index contributed by atoms with van der Waals surface area (Å²) in [7, 11) is 1.45. The molecule has 1 rings (SSSR count). The van der Waals surface area contributed by atoms with E-state index >= 15 is 0 Å². The molecule has 0 saturated heterocycles. The van der Waals surface area contributed by atoms with Crippen LogP contribution in [-0.4, -0.2) is 25.7 Å². The normalized spacial score (nSPS) is 13.0. The van der Waals surface area contributed by atoms with Crippen LogP contribution in [0.5, 0.6) is 5.75 Å². The first-order chi connectivity index (χ1) is 9.64. The molecule has 21 heavy (non-hydrogen) atoms. The van der Waals surface area contributed by atoms with Crippen molar-refractivity contribution in [3.05, 3.63) is 32.5 Å². The summed E-state index contributed by atoms with van der Waals surface area (Å²) in [6, 6.07) is 1.87. The first-order valence-electron chi connectivity index (χ1n) is 5.82. The average molecular weight is 405 g/mol. The second kappa shape index (κ2) is 7.37. The van der Waals surface area contributed by atoms with Crippen LogP contribution in [-0.2, 0) is 9.05 Å². The fourth-order valence-corrected chi connectivity index (χ4v) is 3.31. The van der Waals surface area contributed by atoms with Crippen LogP contribution in [0.25, 0.3) is 0 Å². The number of rotatable bonds is 7. The second-order valence-electron chi connectivity index (χ2n) is 4.28. The maximum Gasteiger partial charge on any atom is 0.312 e. The highest BCUT2D eigenvalue weighted by Gasteiger charge is 2.22. The molecular weight excluding hydrogens is 393 g/mol. The molecule has 1 atom stereocenters. The summed E-state index contributed by atoms with van der Waals surface area (Å²) in [6.07, 6.45) is 0.443. The van der Waals surface area contributed by atoms with Gasteiger partial charge >= 0.3 is 5.69 Å². The lowest BCUT2D eigenvalue weighted by Gasteiger charge is -2.14. The average Bonchev–Trinajstić information content (AvgIpc) is 2.36. The van der Waals surface area contributed by atoms with E-state index in [1.165, 1.54) is 0 Å². The number of nitro groups is 1. The van der Waals surface area contributed by atoms with Gasteiger partial charge in [0.05, 0.1) is 21.8 Å². The van der Waals surface area contributed by atoms with Gasteiger partial charge in [-0.25, -0.2) is 12.8 Å². The molecule has 1 unspecified atom stereocenters. The Labute approximate surface area is 133 Å². The molecule has 1 aromatic carbocycles. The van der Waals surface area contributed by atoms with Gasteiger partial charge in [0.25, 0.3) is 0 Å². The Bertz CT molecular complexity index is 640. The molecule has 0 N–H and O–H groups in total. The van der Waals surface area contributed by atoms with E-state index in [4.69, 9.17) is 15.4 Å². The molecule has 10 heteroatoms. The molecule has 0 radical (unpaired) electrons. The topological polar surface area (TPSA) is 86.5 Å². The van der Waals surface area contributed by atoms with Gasteiger partial charge in [-0.1, -0.05) is 6.92 Å². The number of ether oxygens (including phenoxy) is 1. The number of nitrogens with zero attached hydrogens (tertiary/aromatic N) is 1. The number of benzene rings is 1. The summed E-state index contributed by atoms with van der Waals surface area (Å²) < 4.78 is 40.6. The van der Waals surface area contributed by atoms with E-state index in [0.717, 1.165) is 12.1 Å². The summed E-state index contributed by atoms with van der Waals surface area (Å²) in [4.78, 5) is 10.2. The van der Waals surface area contributed by atoms with Crippen LogP contribution in [0.4, 0.5) is 10.1 Å². The van der Waals surface area contributed by atoms with E-state index in [9.17, 15) is 22.9 Å². The van der Waals surface area contributed by atoms with Crippen molar-refractivity contribution in [1.82, 2.24) is 0 Å². The van der Waals surface area contributed by atoms with Gasteiger partial charge in [0.15, 0.2) is 5.75 Å². The Morgan fingerprint density at radius 3 is 2.62 bits per heavy atom. The zero-order valence-electron chi connectivity index (χ0n) is 10.9. The van der Waals surface area contributed by atoms with Gasteiger partial charge in [0.2, 0.25) is 9.05 Å². The zero-order chi connectivity index (χ0) is 16.2. The van der Waals surface area contributed by atoms with Crippen molar-refractivity contribution in [2.45, 2.75) is 13.3 Å². The van der Waals surface area contributed by atoms with Crippen LogP contribution in [0.3, 0.4) is 0 Å². The van der Waals surface area contributed by atoms with Crippen molar-refractivity contribution in [1.29, 1.82) is 0 Å². The molecule has 0 aliphatic rings. The minimum absolute atomic E-state index is 0.0584. The standard InChI is InChI=1S/C11H12BrClFNO5S/c1-2-7(6-21(13,18)19)5-20-11-4-9(14)8(12)3-10(11)15(16)17/h3-4,7H,2,5-6H2,1H3. The van der Waals surface area contributed by atoms with Crippen molar-refractivity contribution in [2.75, 3.05) is 12.4 Å². The molecule has 0 aliphatic carbocycles. The summed E-state index contributed by atoms with van der Waals surface area (Å²) >= 11 is 2.85. The summed E-state index contributed by atoms with van der Waals surface area (Å²) in [5.41, 5.74) is -0.410. The second-order valence-corrected chi connectivity index (χ2v) is 7.96. The molecule has 0 saturated carbocycles. The minimum atomic E-state index is -3.70. The van der Waals surface area contributed by atoms with E-state index in [2.05, 4.69) is 15.9 Å². The molecule has 0 aromatic heterocycles. The molecule has 0 amide bonds. The van der Waals surface area contributed by atoms with Crippen LogP contribution >= 0.6 is 26.6 Å². The highest BCUT2D eigenvalue weighted by molar-refractivity contribution is 9.10. The van der Waals surface area contributed by atoms with Crippen LogP contribution < -0.4 is 4.74 Å². The van der Waals surface area contributed by atoms with Crippen molar-refractivity contribution in [2.24, 2.45) is 5.92 Å². The third-order valence-corrected chi connectivity index (χ3v) is 4.54. The molecule has 0 bridgehead atoms. The zero-order valence-corrected chi connectivity index (χ0v) is 14.0. The van der Waals surface area contributed by atoms with Gasteiger partial charge < -0.3 is 4.74 Å². The van der Waals surface area contributed by atoms with E-state index < -0.39 is 31.4 Å². The molecule has 0 aliphatic heterocycles. The highest BCUT2D eigenvalue weighted by atomic mass is 79.9. The Hall–Kier alpha value is -0.930. The predicted octanol–water partition coefficient (Wildman–Crippen LogP) is 3.47. The number of halogens is 3. The highest BCUT2D eigenvalue weighted by Crippen LogP contribution is 2.33. The van der Waals surface area contributed by atoms with Crippen molar-refractivity contribution < 1.29 is 22.5 Å². The predicted molar refractivity (Wildman–Crippen MR) is 79.7 cm³/mol. The summed E-state index contributed by atoms with van der Waals surface area (Å²) in [6.45, 7) is 1.61. The maximum atomic E-state index is 13.4. The van der Waals surface area contributed by atoms with Gasteiger partial charge in [-0.05, 0) is 22.4 Å². The first kappa shape index (κ1) is 18.1. The fraction of sp³-hybridized carbons (Fsp3) is 0.455. The van der Waals surface area contributed by atoms with Crippen LogP contribution in [0, 0.1) is 21.8 Å². The molecule has 0 fully saturated rings. The Kier molecular flexibility index (Phi) is 6.36. The van der Waals surface area contributed by atoms with Crippen LogP contribution in [0.2, 0.25) is 0 Å². The SMILES string of the molecule is CCC(COc1cc(F)c(Br)cc1[N+](=O)[O-])CS(=O)(=O)Cl. The van der Waals surface area contributed by atoms with Crippen LogP contribution in [0.15, 0.2) is 16.6 Å². The van der Waals surface area contributed by atoms with Crippen LogP contribution in [0.1, 0.15) is 13.3 Å². The Morgan fingerprint density at radius 1 is 1.52 bits per heavy atom. The summed E-state index contributed by atoms with van der Waals surface area (Å²) in [5.74, 6) is -1.74. The smallest absolute Gasteiger partial charge is 0.312 e. The molecule has 1 aromatic rings. The minimum Gasteiger partial charge on any atom is -0.486 e. The monoisotopic (exact) mass is 403 g/mol. The fourth-order valence-electron chi connectivity index (χ4n) is 1.55. The van der Waals surface area contributed by atoms with Gasteiger partial charge in [0.1, 0.15) is 5.82 Å². The molecule has 6 nitrogen and oxygen atoms in total. The number of nitro benzene ring substituents is 1. The summed E-state index contributed by atoms with van der Waals surface area (Å²) in [5, 5.41) is 10.9. The third-order valence-electron chi connectivity index (χ3n) is 2.69. The molecule has 118 valence electrons. The quantitative estimate of drug-likeness (QED) is 0.394. The first-order valence-corrected chi connectivity index (χ1v) is 9.09. The van der Waals surface area contributed by atoms with E-state index in [1.807, 2.05) is 0 Å². The van der Waals surface area contributed by atoms with Gasteiger partial charge in [-0.2, -0.15) is 0 Å². The van der Waals surface area contributed by atoms with E-state index in [0.29, 0.717) is 6.42 Å². The maximum absolute atomic E-state index is 13.4. The van der Waals surface area contributed by atoms with Gasteiger partial charge in [-0.3, -0.25) is 10.1 Å². The van der Waals surface area contributed by atoms with Crippen molar-refractivity contribution >= 4 is 41.4 Å². The lowest BCUT2D eigenvalue weighted by Crippen LogP contribution is -2.19. The Balaban J connectivity index is 2.92. The number of hydrogen-bond donors (Lipinski definition) is 0. The Morgan fingerprint density at radius 2 is 2.14 bits per heavy atom. The van der Waals surface area contributed by atoms with Gasteiger partial charge in [-0.15, -0.1) is 0 Å². The molecule has 0 heterocycles. The van der Waals surface area contributed by atoms with Gasteiger partial charge in [0, 0.05) is 28.7 Å². The van der Waals surface area contributed by atoms with E-state index in [1.54, 1.807) is 6.92 Å². The van der Waals surface area contributed by atoms with Crippen molar-refractivity contribution in [3.63, 3.8) is 0 Å². The number of hydrogen-bond acceptors (Lipinski definition) is 5. The molecular formula is C11H12BrClFNO5S. The van der Waals surface area contributed by atoms with E-state index in [-0.39, 0.29) is 22.6 Å². The van der Waals surface area contributed by atoms with Crippen molar-refractivity contribution in [3.8, 4) is 5.75 Å². The largest absolute Gasteiger partial charge is 0.486 e. The third kappa shape index (κ3) is 5.76. The lowest BCUT2D eigenvalue weighted by atomic mass is 10.1. The lowest BCUT2D eigenvalue weighted by molar-refractivity contribution is -0.386. The molecule has 0 spiro atoms.